The van der Waals surface area contributed by atoms with Crippen molar-refractivity contribution in [2.75, 3.05) is 21.3 Å². The molecule has 0 unspecified atom stereocenters. The molecule has 0 bridgehead atoms. The van der Waals surface area contributed by atoms with E-state index in [9.17, 15) is 4.79 Å². The molecule has 2 aromatic rings. The Morgan fingerprint density at radius 2 is 1.59 bits per heavy atom. The van der Waals surface area contributed by atoms with Crippen LogP contribution < -0.4 is 9.47 Å². The summed E-state index contributed by atoms with van der Waals surface area (Å²) in [5.41, 5.74) is 3.14. The summed E-state index contributed by atoms with van der Waals surface area (Å²) in [6, 6.07) is 13.7. The number of ether oxygens (including phenoxy) is 3. The van der Waals surface area contributed by atoms with E-state index in [1.54, 1.807) is 14.2 Å². The number of rotatable bonds is 6. The Kier molecular flexibility index (Phi) is 5.42. The van der Waals surface area contributed by atoms with E-state index in [1.165, 1.54) is 7.11 Å². The van der Waals surface area contributed by atoms with E-state index in [1.807, 2.05) is 42.5 Å². The summed E-state index contributed by atoms with van der Waals surface area (Å²) in [5, 5.41) is 0. The van der Waals surface area contributed by atoms with Crippen molar-refractivity contribution < 1.29 is 19.0 Å². The first kappa shape index (κ1) is 15.9. The lowest BCUT2D eigenvalue weighted by Gasteiger charge is -2.12. The van der Waals surface area contributed by atoms with Crippen LogP contribution in [0.3, 0.4) is 0 Å². The summed E-state index contributed by atoms with van der Waals surface area (Å²) < 4.78 is 15.4. The van der Waals surface area contributed by atoms with Gasteiger partial charge in [-0.1, -0.05) is 24.3 Å². The number of aryl methyl sites for hydroxylation is 1. The monoisotopic (exact) mass is 300 g/mol. The molecule has 0 N–H and O–H groups in total. The van der Waals surface area contributed by atoms with Gasteiger partial charge in [0.15, 0.2) is 0 Å². The predicted molar refractivity (Wildman–Crippen MR) is 85.3 cm³/mol. The fourth-order valence-corrected chi connectivity index (χ4v) is 2.32. The van der Waals surface area contributed by atoms with Gasteiger partial charge in [-0.05, 0) is 35.2 Å². The standard InChI is InChI=1S/C18H20O4/c1-20-15-10-14(11-16(12-15)21-2)17-7-5-4-6-13(17)8-9-18(19)22-3/h4-7,10-12H,8-9H2,1-3H3. The van der Waals surface area contributed by atoms with Gasteiger partial charge in [0.05, 0.1) is 21.3 Å². The van der Waals surface area contributed by atoms with Gasteiger partial charge in [0.1, 0.15) is 11.5 Å². The van der Waals surface area contributed by atoms with E-state index in [-0.39, 0.29) is 5.97 Å². The van der Waals surface area contributed by atoms with Crippen molar-refractivity contribution in [3.8, 4) is 22.6 Å². The molecule has 0 saturated heterocycles. The van der Waals surface area contributed by atoms with Crippen molar-refractivity contribution in [3.05, 3.63) is 48.0 Å². The van der Waals surface area contributed by atoms with Gasteiger partial charge in [0, 0.05) is 12.5 Å². The van der Waals surface area contributed by atoms with Crippen LogP contribution in [0, 0.1) is 0 Å². The summed E-state index contributed by atoms with van der Waals surface area (Å²) in [5.74, 6) is 1.26. The molecule has 0 aromatic heterocycles. The highest BCUT2D eigenvalue weighted by Gasteiger charge is 2.10. The highest BCUT2D eigenvalue weighted by Crippen LogP contribution is 2.32. The lowest BCUT2D eigenvalue weighted by molar-refractivity contribution is -0.140. The molecule has 0 saturated carbocycles. The van der Waals surface area contributed by atoms with E-state index in [2.05, 4.69) is 0 Å². The van der Waals surface area contributed by atoms with Crippen molar-refractivity contribution in [1.29, 1.82) is 0 Å². The molecule has 0 amide bonds. The first-order valence-corrected chi connectivity index (χ1v) is 7.06. The molecule has 4 nitrogen and oxygen atoms in total. The molecule has 0 fully saturated rings. The molecule has 0 radical (unpaired) electrons. The number of carbonyl (C=O) groups excluding carboxylic acids is 1. The molecular formula is C18H20O4. The van der Waals surface area contributed by atoms with Crippen LogP contribution in [0.2, 0.25) is 0 Å². The van der Waals surface area contributed by atoms with Crippen LogP contribution >= 0.6 is 0 Å². The Morgan fingerprint density at radius 3 is 2.18 bits per heavy atom. The summed E-state index contributed by atoms with van der Waals surface area (Å²) in [4.78, 5) is 11.4. The number of benzene rings is 2. The van der Waals surface area contributed by atoms with Crippen molar-refractivity contribution in [3.63, 3.8) is 0 Å². The van der Waals surface area contributed by atoms with Gasteiger partial charge in [0.2, 0.25) is 0 Å². The zero-order valence-electron chi connectivity index (χ0n) is 13.1. The van der Waals surface area contributed by atoms with Gasteiger partial charge in [-0.15, -0.1) is 0 Å². The summed E-state index contributed by atoms with van der Waals surface area (Å²) in [6.07, 6.45) is 0.983. The molecule has 0 heterocycles. The van der Waals surface area contributed by atoms with Crippen LogP contribution in [-0.4, -0.2) is 27.3 Å². The minimum atomic E-state index is -0.210. The molecule has 0 aliphatic heterocycles. The van der Waals surface area contributed by atoms with E-state index in [0.717, 1.165) is 28.2 Å². The maximum Gasteiger partial charge on any atom is 0.305 e. The fourth-order valence-electron chi connectivity index (χ4n) is 2.32. The Bertz CT molecular complexity index is 627. The lowest BCUT2D eigenvalue weighted by atomic mass is 9.96. The molecule has 2 rings (SSSR count). The number of hydrogen-bond donors (Lipinski definition) is 0. The van der Waals surface area contributed by atoms with E-state index in [4.69, 9.17) is 14.2 Å². The normalized spacial score (nSPS) is 10.1. The van der Waals surface area contributed by atoms with E-state index < -0.39 is 0 Å². The van der Waals surface area contributed by atoms with Crippen LogP contribution in [0.4, 0.5) is 0 Å². The Morgan fingerprint density at radius 1 is 0.955 bits per heavy atom. The first-order valence-electron chi connectivity index (χ1n) is 7.06. The number of methoxy groups -OCH3 is 3. The van der Waals surface area contributed by atoms with Crippen LogP contribution in [0.1, 0.15) is 12.0 Å². The highest BCUT2D eigenvalue weighted by molar-refractivity contribution is 5.73. The number of carbonyl (C=O) groups is 1. The van der Waals surface area contributed by atoms with Gasteiger partial charge >= 0.3 is 5.97 Å². The van der Waals surface area contributed by atoms with Crippen molar-refractivity contribution in [2.45, 2.75) is 12.8 Å². The maximum absolute atomic E-state index is 11.4. The van der Waals surface area contributed by atoms with Crippen LogP contribution in [0.15, 0.2) is 42.5 Å². The Labute approximate surface area is 130 Å². The molecule has 0 atom stereocenters. The summed E-state index contributed by atoms with van der Waals surface area (Å²) in [6.45, 7) is 0. The summed E-state index contributed by atoms with van der Waals surface area (Å²) >= 11 is 0. The SMILES string of the molecule is COC(=O)CCc1ccccc1-c1cc(OC)cc(OC)c1. The topological polar surface area (TPSA) is 44.8 Å². The molecular weight excluding hydrogens is 280 g/mol. The first-order chi connectivity index (χ1) is 10.7. The van der Waals surface area contributed by atoms with Crippen LogP contribution in [0.25, 0.3) is 11.1 Å². The predicted octanol–water partition coefficient (Wildman–Crippen LogP) is 3.48. The molecule has 22 heavy (non-hydrogen) atoms. The average Bonchev–Trinajstić information content (AvgIpc) is 2.59. The fraction of sp³-hybridized carbons (Fsp3) is 0.278. The zero-order valence-corrected chi connectivity index (χ0v) is 13.1. The molecule has 0 aliphatic rings. The van der Waals surface area contributed by atoms with Crippen LogP contribution in [-0.2, 0) is 16.0 Å². The minimum Gasteiger partial charge on any atom is -0.497 e. The number of esters is 1. The third-order valence-corrected chi connectivity index (χ3v) is 3.51. The molecule has 0 spiro atoms. The quantitative estimate of drug-likeness (QED) is 0.766. The molecule has 116 valence electrons. The molecule has 4 heteroatoms. The Balaban J connectivity index is 2.37. The highest BCUT2D eigenvalue weighted by atomic mass is 16.5. The second-order valence-electron chi connectivity index (χ2n) is 4.83. The van der Waals surface area contributed by atoms with Crippen LogP contribution in [0.5, 0.6) is 11.5 Å². The van der Waals surface area contributed by atoms with Gasteiger partial charge in [0.25, 0.3) is 0 Å². The maximum atomic E-state index is 11.4. The number of hydrogen-bond acceptors (Lipinski definition) is 4. The minimum absolute atomic E-state index is 0.210. The van der Waals surface area contributed by atoms with Gasteiger partial charge in [-0.25, -0.2) is 0 Å². The van der Waals surface area contributed by atoms with E-state index in [0.29, 0.717) is 12.8 Å². The van der Waals surface area contributed by atoms with Gasteiger partial charge in [-0.3, -0.25) is 4.79 Å². The average molecular weight is 300 g/mol. The van der Waals surface area contributed by atoms with E-state index >= 15 is 0 Å². The van der Waals surface area contributed by atoms with Gasteiger partial charge in [-0.2, -0.15) is 0 Å². The summed E-state index contributed by atoms with van der Waals surface area (Å²) in [7, 11) is 4.66. The second kappa shape index (κ2) is 7.50. The lowest BCUT2D eigenvalue weighted by Crippen LogP contribution is -2.02. The van der Waals surface area contributed by atoms with Crippen molar-refractivity contribution in [1.82, 2.24) is 0 Å². The largest absolute Gasteiger partial charge is 0.497 e. The third kappa shape index (κ3) is 3.79. The zero-order chi connectivity index (χ0) is 15.9. The second-order valence-corrected chi connectivity index (χ2v) is 4.83. The van der Waals surface area contributed by atoms with Crippen molar-refractivity contribution in [2.24, 2.45) is 0 Å². The van der Waals surface area contributed by atoms with Gasteiger partial charge < -0.3 is 14.2 Å². The smallest absolute Gasteiger partial charge is 0.305 e. The molecule has 2 aromatic carbocycles. The Hall–Kier alpha value is -2.49. The van der Waals surface area contributed by atoms with Crippen molar-refractivity contribution >= 4 is 5.97 Å². The molecule has 0 aliphatic carbocycles. The third-order valence-electron chi connectivity index (χ3n) is 3.51.